The monoisotopic (exact) mass is 612 g/mol. The van der Waals surface area contributed by atoms with Crippen molar-refractivity contribution in [1.29, 1.82) is 0 Å². The lowest BCUT2D eigenvalue weighted by atomic mass is 10.1. The van der Waals surface area contributed by atoms with Crippen molar-refractivity contribution in [3.05, 3.63) is 45.1 Å². The van der Waals surface area contributed by atoms with Gasteiger partial charge >= 0.3 is 6.09 Å². The summed E-state index contributed by atoms with van der Waals surface area (Å²) in [6.07, 6.45) is 0.226. The summed E-state index contributed by atoms with van der Waals surface area (Å²) in [5, 5.41) is 4.87. The quantitative estimate of drug-likeness (QED) is 0.488. The van der Waals surface area contributed by atoms with Crippen LogP contribution in [0.4, 0.5) is 16.6 Å². The molecule has 3 heterocycles. The number of aromatic nitrogens is 2. The predicted molar refractivity (Wildman–Crippen MR) is 149 cm³/mol. The number of ether oxygens (including phenoxy) is 1. The number of anilines is 2. The van der Waals surface area contributed by atoms with E-state index in [2.05, 4.69) is 26.1 Å². The Morgan fingerprint density at radius 2 is 1.81 bits per heavy atom. The first-order valence-electron chi connectivity index (χ1n) is 12.2. The van der Waals surface area contributed by atoms with Gasteiger partial charge in [-0.15, -0.1) is 0 Å². The average Bonchev–Trinajstić information content (AvgIpc) is 2.86. The molecule has 0 aliphatic carbocycles. The Hall–Kier alpha value is -2.30. The molecule has 0 saturated carbocycles. The number of hydrogen-bond acceptors (Lipinski definition) is 7. The zero-order valence-corrected chi connectivity index (χ0v) is 24.3. The molecule has 0 spiro atoms. The number of halogens is 3. The van der Waals surface area contributed by atoms with Gasteiger partial charge in [-0.05, 0) is 38.5 Å². The first-order chi connectivity index (χ1) is 17.5. The van der Waals surface area contributed by atoms with Gasteiger partial charge in [0.15, 0.2) is 0 Å². The van der Waals surface area contributed by atoms with E-state index in [1.165, 1.54) is 0 Å². The number of fused-ring (bicyclic) bond motifs is 1. The number of benzene rings is 1. The maximum atomic E-state index is 12.8. The molecule has 200 valence electrons. The summed E-state index contributed by atoms with van der Waals surface area (Å²) in [6.45, 7) is 9.35. The molecule has 2 aliphatic heterocycles. The van der Waals surface area contributed by atoms with Crippen LogP contribution in [0.25, 0.3) is 0 Å². The fraction of sp³-hybridized carbons (Fsp3) is 0.520. The van der Waals surface area contributed by atoms with Crippen LogP contribution in [-0.4, -0.2) is 75.4 Å². The van der Waals surface area contributed by atoms with E-state index < -0.39 is 5.60 Å². The van der Waals surface area contributed by atoms with Gasteiger partial charge in [0.05, 0.1) is 17.6 Å². The molecule has 1 saturated heterocycles. The summed E-state index contributed by atoms with van der Waals surface area (Å²) in [4.78, 5) is 40.2. The van der Waals surface area contributed by atoms with Crippen LogP contribution in [0.3, 0.4) is 0 Å². The summed E-state index contributed by atoms with van der Waals surface area (Å²) in [5.41, 5.74) is 2.05. The predicted octanol–water partition coefficient (Wildman–Crippen LogP) is 4.73. The summed E-state index contributed by atoms with van der Waals surface area (Å²) in [5.74, 6) is 1.34. The van der Waals surface area contributed by atoms with E-state index in [9.17, 15) is 9.59 Å². The van der Waals surface area contributed by atoms with Gasteiger partial charge in [-0.1, -0.05) is 45.2 Å². The maximum Gasteiger partial charge on any atom is 0.410 e. The molecule has 12 heteroatoms. The van der Waals surface area contributed by atoms with Crippen molar-refractivity contribution in [2.45, 2.75) is 45.9 Å². The van der Waals surface area contributed by atoms with Crippen molar-refractivity contribution in [2.24, 2.45) is 0 Å². The minimum absolute atomic E-state index is 0.0791. The number of hydrogen-bond donors (Lipinski definition) is 1. The number of alkyl halides is 1. The van der Waals surface area contributed by atoms with Crippen molar-refractivity contribution < 1.29 is 14.3 Å². The highest BCUT2D eigenvalue weighted by Crippen LogP contribution is 2.29. The molecule has 0 unspecified atom stereocenters. The molecular weight excluding hydrogens is 583 g/mol. The summed E-state index contributed by atoms with van der Waals surface area (Å²) >= 11 is 15.7. The van der Waals surface area contributed by atoms with E-state index in [-0.39, 0.29) is 12.0 Å². The van der Waals surface area contributed by atoms with E-state index in [4.69, 9.17) is 37.9 Å². The molecule has 9 nitrogen and oxygen atoms in total. The van der Waals surface area contributed by atoms with Crippen LogP contribution in [0.2, 0.25) is 10.0 Å². The highest BCUT2D eigenvalue weighted by Gasteiger charge is 2.30. The second kappa shape index (κ2) is 11.6. The van der Waals surface area contributed by atoms with Crippen molar-refractivity contribution >= 4 is 62.9 Å². The fourth-order valence-corrected chi connectivity index (χ4v) is 5.09. The molecular formula is C25H31BrCl2N6O3. The minimum Gasteiger partial charge on any atom is -0.444 e. The van der Waals surface area contributed by atoms with Gasteiger partial charge in [0.1, 0.15) is 11.4 Å². The van der Waals surface area contributed by atoms with E-state index in [0.717, 1.165) is 16.8 Å². The van der Waals surface area contributed by atoms with Crippen molar-refractivity contribution in [2.75, 3.05) is 48.3 Å². The molecule has 2 amide bonds. The molecule has 1 aromatic carbocycles. The molecule has 1 N–H and O–H groups in total. The second-order valence-electron chi connectivity index (χ2n) is 10.0. The van der Waals surface area contributed by atoms with Gasteiger partial charge in [-0.3, -0.25) is 4.79 Å². The molecule has 0 atom stereocenters. The van der Waals surface area contributed by atoms with E-state index in [0.29, 0.717) is 79.4 Å². The van der Waals surface area contributed by atoms with Crippen LogP contribution >= 0.6 is 39.1 Å². The highest BCUT2D eigenvalue weighted by molar-refractivity contribution is 9.09. The lowest BCUT2D eigenvalue weighted by molar-refractivity contribution is -0.128. The lowest BCUT2D eigenvalue weighted by Crippen LogP contribution is -2.49. The number of carbonyl (C=O) groups is 2. The normalized spacial score (nSPS) is 15.9. The second-order valence-corrected chi connectivity index (χ2v) is 11.4. The van der Waals surface area contributed by atoms with Crippen LogP contribution in [-0.2, 0) is 29.0 Å². The number of nitrogens with one attached hydrogen (secondary N) is 1. The number of carbonyl (C=O) groups excluding carboxylic acids is 2. The van der Waals surface area contributed by atoms with Crippen LogP contribution in [0.5, 0.6) is 0 Å². The Kier molecular flexibility index (Phi) is 8.70. The third-order valence-corrected chi connectivity index (χ3v) is 7.26. The average molecular weight is 614 g/mol. The molecule has 4 rings (SSSR count). The number of piperazine rings is 1. The first-order valence-corrected chi connectivity index (χ1v) is 14.1. The third-order valence-electron chi connectivity index (χ3n) is 6.19. The van der Waals surface area contributed by atoms with Crippen LogP contribution in [0.1, 0.15) is 37.6 Å². The molecule has 1 fully saturated rings. The topological polar surface area (TPSA) is 90.9 Å². The zero-order chi connectivity index (χ0) is 26.7. The minimum atomic E-state index is -0.581. The van der Waals surface area contributed by atoms with Gasteiger partial charge in [0, 0.05) is 61.3 Å². The molecule has 0 bridgehead atoms. The largest absolute Gasteiger partial charge is 0.444 e. The Bertz CT molecular complexity index is 1170. The van der Waals surface area contributed by atoms with Gasteiger partial charge in [-0.2, -0.15) is 4.98 Å². The van der Waals surface area contributed by atoms with Crippen LogP contribution in [0, 0.1) is 0 Å². The Balaban J connectivity index is 1.59. The van der Waals surface area contributed by atoms with Crippen molar-refractivity contribution in [3.8, 4) is 0 Å². The molecule has 0 radical (unpaired) electrons. The highest BCUT2D eigenvalue weighted by atomic mass is 79.9. The number of rotatable bonds is 5. The number of nitrogens with zero attached hydrogens (tertiary/aromatic N) is 5. The summed E-state index contributed by atoms with van der Waals surface area (Å²) in [6, 6.07) is 5.38. The van der Waals surface area contributed by atoms with Gasteiger partial charge in [-0.25, -0.2) is 9.78 Å². The summed E-state index contributed by atoms with van der Waals surface area (Å²) in [7, 11) is 0. The molecule has 2 aromatic rings. The Morgan fingerprint density at radius 3 is 2.46 bits per heavy atom. The first kappa shape index (κ1) is 27.7. The van der Waals surface area contributed by atoms with Crippen molar-refractivity contribution in [3.63, 3.8) is 0 Å². The lowest BCUT2D eigenvalue weighted by Gasteiger charge is -2.36. The third kappa shape index (κ3) is 6.97. The Morgan fingerprint density at radius 1 is 1.08 bits per heavy atom. The van der Waals surface area contributed by atoms with Crippen LogP contribution < -0.4 is 10.2 Å². The van der Waals surface area contributed by atoms with E-state index in [1.54, 1.807) is 17.0 Å². The van der Waals surface area contributed by atoms with Gasteiger partial charge in [0.2, 0.25) is 11.9 Å². The molecule has 37 heavy (non-hydrogen) atoms. The molecule has 2 aliphatic rings. The zero-order valence-electron chi connectivity index (χ0n) is 21.2. The SMILES string of the molecule is CC(C)(C)OC(=O)N1CCc2nc(N3CCN(C(=O)CBr)CC3)nc(NCc3ccc(Cl)cc3Cl)c2C1. The molecule has 1 aromatic heterocycles. The maximum absolute atomic E-state index is 12.8. The smallest absolute Gasteiger partial charge is 0.410 e. The Labute approximate surface area is 235 Å². The standard InChI is InChI=1S/C25H31BrCl2N6O3/c1-25(2,3)37-24(36)34-7-6-20-18(15-34)22(29-14-16-4-5-17(27)12-19(16)28)31-23(30-20)33-10-8-32(9-11-33)21(35)13-26/h4-5,12H,6-11,13-15H2,1-3H3,(H,29,30,31). The van der Waals surface area contributed by atoms with Crippen molar-refractivity contribution in [1.82, 2.24) is 19.8 Å². The van der Waals surface area contributed by atoms with Crippen LogP contribution in [0.15, 0.2) is 18.2 Å². The van der Waals surface area contributed by atoms with Gasteiger partial charge < -0.3 is 24.8 Å². The summed E-state index contributed by atoms with van der Waals surface area (Å²) < 4.78 is 5.60. The van der Waals surface area contributed by atoms with E-state index in [1.807, 2.05) is 31.7 Å². The van der Waals surface area contributed by atoms with E-state index >= 15 is 0 Å². The number of amides is 2. The fourth-order valence-electron chi connectivity index (χ4n) is 4.26. The van der Waals surface area contributed by atoms with Gasteiger partial charge in [0.25, 0.3) is 0 Å².